The Morgan fingerprint density at radius 2 is 1.96 bits per heavy atom. The van der Waals surface area contributed by atoms with E-state index in [0.29, 0.717) is 28.2 Å². The van der Waals surface area contributed by atoms with Crippen LogP contribution in [0.1, 0.15) is 41.3 Å². The Kier molecular flexibility index (Phi) is 3.76. The van der Waals surface area contributed by atoms with Gasteiger partial charge in [-0.25, -0.2) is 0 Å². The molecule has 4 N–H and O–H groups in total. The highest BCUT2D eigenvalue weighted by atomic mass is 16.1. The molecule has 0 saturated carbocycles. The number of aromatic amines is 1. The number of aromatic nitrogens is 2. The van der Waals surface area contributed by atoms with Crippen molar-refractivity contribution in [2.45, 2.75) is 19.8 Å². The lowest BCUT2D eigenvalue weighted by Gasteiger charge is -2.28. The number of hydrogen-bond donors (Lipinski definition) is 3. The van der Waals surface area contributed by atoms with Gasteiger partial charge in [0.05, 0.1) is 5.56 Å². The summed E-state index contributed by atoms with van der Waals surface area (Å²) in [5.74, 6) is -0.383. The molecule has 1 aromatic carbocycles. The van der Waals surface area contributed by atoms with Gasteiger partial charge in [-0.05, 0) is 19.4 Å². The van der Waals surface area contributed by atoms with E-state index in [1.54, 1.807) is 31.2 Å². The minimum Gasteiger partial charge on any atom is -0.369 e. The van der Waals surface area contributed by atoms with E-state index in [1.807, 2.05) is 0 Å². The van der Waals surface area contributed by atoms with E-state index in [-0.39, 0.29) is 11.7 Å². The normalized spacial score (nSPS) is 16.3. The zero-order valence-corrected chi connectivity index (χ0v) is 13.2. The number of hydrogen-bond acceptors (Lipinski definition) is 6. The average molecular weight is 324 g/mol. The van der Waals surface area contributed by atoms with Crippen molar-refractivity contribution in [3.63, 3.8) is 0 Å². The van der Waals surface area contributed by atoms with Crippen molar-refractivity contribution in [3.05, 3.63) is 62.6 Å². The van der Waals surface area contributed by atoms with Crippen LogP contribution in [-0.4, -0.2) is 22.0 Å². The molecule has 3 rings (SSSR count). The zero-order valence-electron chi connectivity index (χ0n) is 13.2. The highest BCUT2D eigenvalue weighted by Crippen LogP contribution is 2.39. The predicted octanol–water partition coefficient (Wildman–Crippen LogP) is 1.58. The number of nitrogens with two attached hydrogens (primary N) is 1. The van der Waals surface area contributed by atoms with E-state index in [0.717, 1.165) is 11.8 Å². The van der Waals surface area contributed by atoms with Crippen molar-refractivity contribution in [1.82, 2.24) is 9.97 Å². The Labute approximate surface area is 137 Å². The monoisotopic (exact) mass is 324 g/mol. The maximum Gasteiger partial charge on any atom is 0.258 e. The van der Waals surface area contributed by atoms with Crippen LogP contribution < -0.4 is 16.6 Å². The van der Waals surface area contributed by atoms with Crippen molar-refractivity contribution < 1.29 is 9.59 Å². The molecular formula is C17H16N4O3. The SMILES string of the molecule is CC(=O)C1=C(C)Nc2nc(N)[nH]c(=O)c2C1c1ccc(C=O)cc1. The molecule has 24 heavy (non-hydrogen) atoms. The fourth-order valence-corrected chi connectivity index (χ4v) is 3.04. The maximum atomic E-state index is 12.5. The largest absolute Gasteiger partial charge is 0.369 e. The number of carbonyl (C=O) groups excluding carboxylic acids is 2. The summed E-state index contributed by atoms with van der Waals surface area (Å²) in [4.78, 5) is 42.1. The molecule has 1 aliphatic heterocycles. The number of anilines is 2. The van der Waals surface area contributed by atoms with Crippen LogP contribution in [0.5, 0.6) is 0 Å². The molecule has 0 amide bonds. The molecule has 0 aliphatic carbocycles. The first-order valence-corrected chi connectivity index (χ1v) is 7.36. The van der Waals surface area contributed by atoms with E-state index >= 15 is 0 Å². The molecule has 2 aromatic rings. The molecular weight excluding hydrogens is 308 g/mol. The van der Waals surface area contributed by atoms with Crippen LogP contribution >= 0.6 is 0 Å². The first-order chi connectivity index (χ1) is 11.4. The van der Waals surface area contributed by atoms with E-state index in [1.165, 1.54) is 6.92 Å². The fourth-order valence-electron chi connectivity index (χ4n) is 3.04. The third-order valence-electron chi connectivity index (χ3n) is 4.05. The molecule has 7 nitrogen and oxygen atoms in total. The quantitative estimate of drug-likeness (QED) is 0.738. The summed E-state index contributed by atoms with van der Waals surface area (Å²) < 4.78 is 0. The molecule has 122 valence electrons. The van der Waals surface area contributed by atoms with Gasteiger partial charge in [-0.15, -0.1) is 0 Å². The molecule has 2 heterocycles. The Balaban J connectivity index is 2.28. The predicted molar refractivity (Wildman–Crippen MR) is 89.9 cm³/mol. The molecule has 0 saturated heterocycles. The highest BCUT2D eigenvalue weighted by Gasteiger charge is 2.33. The standard InChI is InChI=1S/C17H16N4O3/c1-8-12(9(2)23)13(11-5-3-10(7-22)4-6-11)14-15(19-8)20-17(18)21-16(14)24/h3-7,13H,1-2H3,(H4,18,19,20,21,24). The van der Waals surface area contributed by atoms with Gasteiger partial charge in [-0.1, -0.05) is 24.3 Å². The Bertz CT molecular complexity index is 926. The lowest BCUT2D eigenvalue weighted by Crippen LogP contribution is -2.30. The average Bonchev–Trinajstić information content (AvgIpc) is 2.53. The highest BCUT2D eigenvalue weighted by molar-refractivity contribution is 5.98. The first kappa shape index (κ1) is 15.7. The van der Waals surface area contributed by atoms with Gasteiger partial charge in [0.15, 0.2) is 5.78 Å². The third kappa shape index (κ3) is 2.50. The summed E-state index contributed by atoms with van der Waals surface area (Å²) in [6.45, 7) is 3.21. The number of nitrogens with one attached hydrogen (secondary N) is 2. The van der Waals surface area contributed by atoms with Gasteiger partial charge in [0.1, 0.15) is 12.1 Å². The second-order valence-electron chi connectivity index (χ2n) is 5.65. The second-order valence-corrected chi connectivity index (χ2v) is 5.65. The Morgan fingerprint density at radius 1 is 1.29 bits per heavy atom. The van der Waals surface area contributed by atoms with Gasteiger partial charge < -0.3 is 11.1 Å². The number of Topliss-reactive ketones (excluding diaryl/α,β-unsaturated/α-hetero) is 1. The summed E-state index contributed by atoms with van der Waals surface area (Å²) in [7, 11) is 0. The van der Waals surface area contributed by atoms with Crippen molar-refractivity contribution in [2.24, 2.45) is 0 Å². The molecule has 0 fully saturated rings. The molecule has 1 aliphatic rings. The number of nitrogens with zero attached hydrogens (tertiary/aromatic N) is 1. The van der Waals surface area contributed by atoms with Crippen molar-refractivity contribution in [1.29, 1.82) is 0 Å². The molecule has 1 unspecified atom stereocenters. The molecule has 0 spiro atoms. The zero-order chi connectivity index (χ0) is 17.4. The third-order valence-corrected chi connectivity index (χ3v) is 4.05. The fraction of sp³-hybridized carbons (Fsp3) is 0.176. The van der Waals surface area contributed by atoms with Gasteiger partial charge >= 0.3 is 0 Å². The summed E-state index contributed by atoms with van der Waals surface area (Å²) in [6, 6.07) is 6.76. The van der Waals surface area contributed by atoms with Crippen molar-refractivity contribution in [2.75, 3.05) is 11.1 Å². The first-order valence-electron chi connectivity index (χ1n) is 7.36. The number of aldehydes is 1. The topological polar surface area (TPSA) is 118 Å². The van der Waals surface area contributed by atoms with Crippen LogP contribution in [-0.2, 0) is 4.79 Å². The van der Waals surface area contributed by atoms with Gasteiger partial charge in [0, 0.05) is 22.8 Å². The van der Waals surface area contributed by atoms with Crippen LogP contribution in [0.25, 0.3) is 0 Å². The minimum atomic E-state index is -0.573. The Morgan fingerprint density at radius 3 is 2.54 bits per heavy atom. The number of rotatable bonds is 3. The van der Waals surface area contributed by atoms with E-state index < -0.39 is 11.5 Å². The van der Waals surface area contributed by atoms with Crippen LogP contribution in [0.15, 0.2) is 40.3 Å². The van der Waals surface area contributed by atoms with Crippen LogP contribution in [0.3, 0.4) is 0 Å². The van der Waals surface area contributed by atoms with Crippen LogP contribution in [0.4, 0.5) is 11.8 Å². The van der Waals surface area contributed by atoms with Gasteiger partial charge in [-0.3, -0.25) is 19.4 Å². The van der Waals surface area contributed by atoms with E-state index in [2.05, 4.69) is 15.3 Å². The maximum absolute atomic E-state index is 12.5. The number of fused-ring (bicyclic) bond motifs is 1. The summed E-state index contributed by atoms with van der Waals surface area (Å²) >= 11 is 0. The lowest BCUT2D eigenvalue weighted by molar-refractivity contribution is -0.113. The number of carbonyl (C=O) groups is 2. The van der Waals surface area contributed by atoms with Crippen LogP contribution in [0, 0.1) is 0 Å². The van der Waals surface area contributed by atoms with Crippen molar-refractivity contribution in [3.8, 4) is 0 Å². The molecule has 0 radical (unpaired) electrons. The number of benzene rings is 1. The van der Waals surface area contributed by atoms with Gasteiger partial charge in [-0.2, -0.15) is 4.98 Å². The van der Waals surface area contributed by atoms with Gasteiger partial charge in [0.25, 0.3) is 5.56 Å². The summed E-state index contributed by atoms with van der Waals surface area (Å²) in [5.41, 5.74) is 7.90. The Hall–Kier alpha value is -3.22. The number of H-pyrrole nitrogens is 1. The molecule has 1 aromatic heterocycles. The number of nitrogen functional groups attached to an aromatic ring is 1. The summed E-state index contributed by atoms with van der Waals surface area (Å²) in [6.07, 6.45) is 0.738. The number of allylic oxidation sites excluding steroid dienone is 2. The van der Waals surface area contributed by atoms with Crippen molar-refractivity contribution >= 4 is 23.8 Å². The molecule has 0 bridgehead atoms. The summed E-state index contributed by atoms with van der Waals surface area (Å²) in [5, 5.41) is 2.99. The van der Waals surface area contributed by atoms with Crippen LogP contribution in [0.2, 0.25) is 0 Å². The second kappa shape index (κ2) is 5.77. The van der Waals surface area contributed by atoms with E-state index in [9.17, 15) is 14.4 Å². The van der Waals surface area contributed by atoms with E-state index in [4.69, 9.17) is 5.73 Å². The molecule has 7 heteroatoms. The minimum absolute atomic E-state index is 0.000350. The molecule has 1 atom stereocenters. The lowest BCUT2D eigenvalue weighted by atomic mass is 9.80. The number of ketones is 1. The smallest absolute Gasteiger partial charge is 0.258 e. The van der Waals surface area contributed by atoms with Gasteiger partial charge in [0.2, 0.25) is 5.95 Å².